The lowest BCUT2D eigenvalue weighted by Gasteiger charge is -2.22. The fourth-order valence-corrected chi connectivity index (χ4v) is 2.31. The smallest absolute Gasteiger partial charge is 0.137 e. The van der Waals surface area contributed by atoms with Crippen LogP contribution in [0.1, 0.15) is 38.7 Å². The minimum Gasteiger partial charge on any atom is -0.370 e. The molecule has 0 aromatic carbocycles. The lowest BCUT2D eigenvalue weighted by atomic mass is 10.1. The van der Waals surface area contributed by atoms with Crippen molar-refractivity contribution in [3.05, 3.63) is 11.9 Å². The Labute approximate surface area is 110 Å². The molecule has 1 heterocycles. The highest BCUT2D eigenvalue weighted by molar-refractivity contribution is 5.58. The quantitative estimate of drug-likeness (QED) is 0.805. The van der Waals surface area contributed by atoms with E-state index in [2.05, 4.69) is 41.1 Å². The Bertz CT molecular complexity index is 387. The van der Waals surface area contributed by atoms with Gasteiger partial charge in [0, 0.05) is 25.7 Å². The van der Waals surface area contributed by atoms with Gasteiger partial charge < -0.3 is 10.2 Å². The normalized spacial score (nSPS) is 14.6. The van der Waals surface area contributed by atoms with E-state index in [-0.39, 0.29) is 0 Å². The van der Waals surface area contributed by atoms with Crippen molar-refractivity contribution in [3.8, 4) is 0 Å². The average Bonchev–Trinajstić information content (AvgIpc) is 3.15. The summed E-state index contributed by atoms with van der Waals surface area (Å²) in [5, 5.41) is 3.35. The highest BCUT2D eigenvalue weighted by atomic mass is 15.2. The molecule has 2 rings (SSSR count). The molecule has 1 aliphatic carbocycles. The van der Waals surface area contributed by atoms with Crippen LogP contribution in [0.2, 0.25) is 0 Å². The summed E-state index contributed by atoms with van der Waals surface area (Å²) in [5.74, 6) is 2.99. The third-order valence-electron chi connectivity index (χ3n) is 3.36. The molecule has 0 bridgehead atoms. The summed E-state index contributed by atoms with van der Waals surface area (Å²) in [4.78, 5) is 11.2. The SMILES string of the molecule is CCCc1c(NCC)ncnc1N(C)CC1CC1. The van der Waals surface area contributed by atoms with Gasteiger partial charge in [0.15, 0.2) is 0 Å². The van der Waals surface area contributed by atoms with Crippen LogP contribution in [0.15, 0.2) is 6.33 Å². The van der Waals surface area contributed by atoms with E-state index in [1.54, 1.807) is 6.33 Å². The van der Waals surface area contributed by atoms with Crippen molar-refractivity contribution in [2.45, 2.75) is 39.5 Å². The summed E-state index contributed by atoms with van der Waals surface area (Å²) in [6, 6.07) is 0. The molecule has 1 aromatic rings. The lowest BCUT2D eigenvalue weighted by Crippen LogP contribution is -2.23. The molecule has 4 nitrogen and oxygen atoms in total. The number of nitrogens with zero attached hydrogens (tertiary/aromatic N) is 3. The molecule has 1 N–H and O–H groups in total. The molecule has 0 unspecified atom stereocenters. The molecule has 1 fully saturated rings. The van der Waals surface area contributed by atoms with Crippen molar-refractivity contribution in [1.82, 2.24) is 9.97 Å². The van der Waals surface area contributed by atoms with Crippen LogP contribution in [-0.4, -0.2) is 30.1 Å². The first kappa shape index (κ1) is 13.1. The van der Waals surface area contributed by atoms with E-state index in [1.165, 1.54) is 18.4 Å². The maximum Gasteiger partial charge on any atom is 0.137 e. The number of hydrogen-bond donors (Lipinski definition) is 1. The van der Waals surface area contributed by atoms with Crippen molar-refractivity contribution in [2.24, 2.45) is 5.92 Å². The van der Waals surface area contributed by atoms with E-state index in [4.69, 9.17) is 0 Å². The molecule has 0 radical (unpaired) electrons. The van der Waals surface area contributed by atoms with E-state index in [0.717, 1.165) is 43.5 Å². The van der Waals surface area contributed by atoms with Gasteiger partial charge >= 0.3 is 0 Å². The second kappa shape index (κ2) is 6.03. The first-order valence-corrected chi connectivity index (χ1v) is 7.05. The van der Waals surface area contributed by atoms with Crippen molar-refractivity contribution in [1.29, 1.82) is 0 Å². The molecule has 18 heavy (non-hydrogen) atoms. The Morgan fingerprint density at radius 2 is 2.11 bits per heavy atom. The van der Waals surface area contributed by atoms with Crippen LogP contribution in [0.5, 0.6) is 0 Å². The fraction of sp³-hybridized carbons (Fsp3) is 0.714. The first-order valence-electron chi connectivity index (χ1n) is 7.05. The van der Waals surface area contributed by atoms with Crippen LogP contribution in [0, 0.1) is 5.92 Å². The summed E-state index contributed by atoms with van der Waals surface area (Å²) in [6.07, 6.45) is 6.58. The first-order chi connectivity index (χ1) is 8.76. The Hall–Kier alpha value is -1.32. The summed E-state index contributed by atoms with van der Waals surface area (Å²) in [7, 11) is 2.15. The van der Waals surface area contributed by atoms with E-state index in [9.17, 15) is 0 Å². The highest BCUT2D eigenvalue weighted by Gasteiger charge is 2.24. The van der Waals surface area contributed by atoms with E-state index in [0.29, 0.717) is 0 Å². The van der Waals surface area contributed by atoms with Gasteiger partial charge in [0.1, 0.15) is 18.0 Å². The standard InChI is InChI=1S/C14H24N4/c1-4-6-12-13(15-5-2)16-10-17-14(12)18(3)9-11-7-8-11/h10-11H,4-9H2,1-3H3,(H,15,16,17). The Kier molecular flexibility index (Phi) is 4.39. The predicted octanol–water partition coefficient (Wildman–Crippen LogP) is 2.71. The van der Waals surface area contributed by atoms with Crippen molar-refractivity contribution in [2.75, 3.05) is 30.4 Å². The van der Waals surface area contributed by atoms with Crippen LogP contribution in [0.3, 0.4) is 0 Å². The van der Waals surface area contributed by atoms with Gasteiger partial charge in [-0.15, -0.1) is 0 Å². The molecule has 1 aromatic heterocycles. The van der Waals surface area contributed by atoms with Crippen LogP contribution in [-0.2, 0) is 6.42 Å². The molecular weight excluding hydrogens is 224 g/mol. The number of anilines is 2. The van der Waals surface area contributed by atoms with E-state index < -0.39 is 0 Å². The minimum atomic E-state index is 0.877. The molecule has 0 aliphatic heterocycles. The van der Waals surface area contributed by atoms with Gasteiger partial charge in [-0.05, 0) is 32.1 Å². The van der Waals surface area contributed by atoms with Crippen molar-refractivity contribution >= 4 is 11.6 Å². The van der Waals surface area contributed by atoms with Crippen molar-refractivity contribution < 1.29 is 0 Å². The maximum atomic E-state index is 4.50. The summed E-state index contributed by atoms with van der Waals surface area (Å²) >= 11 is 0. The second-order valence-electron chi connectivity index (χ2n) is 5.13. The number of rotatable bonds is 7. The van der Waals surface area contributed by atoms with Gasteiger partial charge in [0.05, 0.1) is 0 Å². The monoisotopic (exact) mass is 248 g/mol. The van der Waals surface area contributed by atoms with Crippen LogP contribution >= 0.6 is 0 Å². The largest absolute Gasteiger partial charge is 0.370 e. The van der Waals surface area contributed by atoms with E-state index in [1.807, 2.05) is 0 Å². The Balaban J connectivity index is 2.22. The van der Waals surface area contributed by atoms with Gasteiger partial charge in [0.25, 0.3) is 0 Å². The lowest BCUT2D eigenvalue weighted by molar-refractivity contribution is 0.764. The van der Waals surface area contributed by atoms with Gasteiger partial charge in [-0.25, -0.2) is 9.97 Å². The van der Waals surface area contributed by atoms with Gasteiger partial charge in [0.2, 0.25) is 0 Å². The highest BCUT2D eigenvalue weighted by Crippen LogP contribution is 2.32. The third kappa shape index (κ3) is 3.12. The Morgan fingerprint density at radius 1 is 1.33 bits per heavy atom. The third-order valence-corrected chi connectivity index (χ3v) is 3.36. The van der Waals surface area contributed by atoms with Crippen LogP contribution in [0.4, 0.5) is 11.6 Å². The zero-order valence-electron chi connectivity index (χ0n) is 11.7. The van der Waals surface area contributed by atoms with Crippen LogP contribution < -0.4 is 10.2 Å². The molecule has 4 heteroatoms. The molecule has 1 saturated carbocycles. The predicted molar refractivity (Wildman–Crippen MR) is 76.2 cm³/mol. The minimum absolute atomic E-state index is 0.877. The number of hydrogen-bond acceptors (Lipinski definition) is 4. The topological polar surface area (TPSA) is 41.1 Å². The molecule has 0 saturated heterocycles. The number of aromatic nitrogens is 2. The number of nitrogens with one attached hydrogen (secondary N) is 1. The zero-order chi connectivity index (χ0) is 13.0. The summed E-state index contributed by atoms with van der Waals surface area (Å²) < 4.78 is 0. The van der Waals surface area contributed by atoms with Gasteiger partial charge in [-0.3, -0.25) is 0 Å². The van der Waals surface area contributed by atoms with E-state index >= 15 is 0 Å². The molecule has 0 atom stereocenters. The summed E-state index contributed by atoms with van der Waals surface area (Å²) in [6.45, 7) is 6.33. The van der Waals surface area contributed by atoms with Gasteiger partial charge in [-0.2, -0.15) is 0 Å². The maximum absolute atomic E-state index is 4.50. The molecule has 100 valence electrons. The van der Waals surface area contributed by atoms with Crippen molar-refractivity contribution in [3.63, 3.8) is 0 Å². The molecule has 0 amide bonds. The fourth-order valence-electron chi connectivity index (χ4n) is 2.31. The molecular formula is C14H24N4. The van der Waals surface area contributed by atoms with Gasteiger partial charge in [-0.1, -0.05) is 13.3 Å². The summed E-state index contributed by atoms with van der Waals surface area (Å²) in [5.41, 5.74) is 1.27. The zero-order valence-corrected chi connectivity index (χ0v) is 11.7. The average molecular weight is 248 g/mol. The molecule has 1 aliphatic rings. The second-order valence-corrected chi connectivity index (χ2v) is 5.13. The van der Waals surface area contributed by atoms with Crippen LogP contribution in [0.25, 0.3) is 0 Å². The molecule has 0 spiro atoms. The Morgan fingerprint density at radius 3 is 2.72 bits per heavy atom.